The number of carbonyl (C=O) groups excluding carboxylic acids is 1. The first-order valence-electron chi connectivity index (χ1n) is 7.58. The Morgan fingerprint density at radius 2 is 1.74 bits per heavy atom. The highest BCUT2D eigenvalue weighted by Gasteiger charge is 2.12. The third-order valence-corrected chi connectivity index (χ3v) is 3.63. The van der Waals surface area contributed by atoms with Gasteiger partial charge in [-0.25, -0.2) is 0 Å². The lowest BCUT2D eigenvalue weighted by Gasteiger charge is -2.09. The number of aromatic nitrogens is 1. The van der Waals surface area contributed by atoms with Crippen LogP contribution in [0.25, 0.3) is 22.0 Å². The molecule has 0 radical (unpaired) electrons. The Morgan fingerprint density at radius 3 is 2.43 bits per heavy atom. The molecule has 1 amide bonds. The summed E-state index contributed by atoms with van der Waals surface area (Å²) < 4.78 is 0. The van der Waals surface area contributed by atoms with Crippen molar-refractivity contribution in [2.75, 3.05) is 0 Å². The molecule has 0 unspecified atom stereocenters. The molecule has 0 aliphatic heterocycles. The zero-order chi connectivity index (χ0) is 16.4. The Bertz CT molecular complexity index is 926. The SMILES string of the molecule is CC(C)NC(=O)c1ccc(-c2ccc3ccccc3c2)[nH]c1=O. The molecule has 3 rings (SSSR count). The van der Waals surface area contributed by atoms with Crippen LogP contribution in [0.15, 0.2) is 59.4 Å². The Kier molecular flexibility index (Phi) is 3.98. The van der Waals surface area contributed by atoms with E-state index >= 15 is 0 Å². The smallest absolute Gasteiger partial charge is 0.261 e. The second-order valence-corrected chi connectivity index (χ2v) is 5.80. The number of carbonyl (C=O) groups is 1. The van der Waals surface area contributed by atoms with Crippen LogP contribution in [0.5, 0.6) is 0 Å². The summed E-state index contributed by atoms with van der Waals surface area (Å²) in [6.45, 7) is 3.71. The summed E-state index contributed by atoms with van der Waals surface area (Å²) in [5.74, 6) is -0.355. The summed E-state index contributed by atoms with van der Waals surface area (Å²) in [5, 5.41) is 4.97. The van der Waals surface area contributed by atoms with Crippen LogP contribution in [-0.2, 0) is 0 Å². The van der Waals surface area contributed by atoms with Crippen molar-refractivity contribution < 1.29 is 4.79 Å². The lowest BCUT2D eigenvalue weighted by Crippen LogP contribution is -2.34. The van der Waals surface area contributed by atoms with Crippen LogP contribution in [0, 0.1) is 0 Å². The fraction of sp³-hybridized carbons (Fsp3) is 0.158. The number of rotatable bonds is 3. The van der Waals surface area contributed by atoms with E-state index in [9.17, 15) is 9.59 Å². The topological polar surface area (TPSA) is 62.0 Å². The van der Waals surface area contributed by atoms with Crippen molar-refractivity contribution >= 4 is 16.7 Å². The molecule has 4 heteroatoms. The molecule has 4 nitrogen and oxygen atoms in total. The van der Waals surface area contributed by atoms with E-state index in [1.165, 1.54) is 0 Å². The van der Waals surface area contributed by atoms with Gasteiger partial charge < -0.3 is 10.3 Å². The van der Waals surface area contributed by atoms with Crippen molar-refractivity contribution in [1.82, 2.24) is 10.3 Å². The fourth-order valence-corrected chi connectivity index (χ4v) is 2.52. The molecule has 2 aromatic carbocycles. The summed E-state index contributed by atoms with van der Waals surface area (Å²) in [6, 6.07) is 17.4. The molecule has 1 heterocycles. The van der Waals surface area contributed by atoms with E-state index in [-0.39, 0.29) is 23.1 Å². The Balaban J connectivity index is 1.98. The molecule has 2 N–H and O–H groups in total. The van der Waals surface area contributed by atoms with Crippen LogP contribution in [0.3, 0.4) is 0 Å². The van der Waals surface area contributed by atoms with Gasteiger partial charge in [0.2, 0.25) is 0 Å². The molecule has 116 valence electrons. The number of nitrogens with one attached hydrogen (secondary N) is 2. The van der Waals surface area contributed by atoms with E-state index < -0.39 is 0 Å². The largest absolute Gasteiger partial charge is 0.350 e. The number of pyridine rings is 1. The first-order valence-corrected chi connectivity index (χ1v) is 7.58. The summed E-state index contributed by atoms with van der Waals surface area (Å²) in [4.78, 5) is 26.9. The Morgan fingerprint density at radius 1 is 1.00 bits per heavy atom. The van der Waals surface area contributed by atoms with Crippen LogP contribution in [0.4, 0.5) is 0 Å². The van der Waals surface area contributed by atoms with E-state index in [4.69, 9.17) is 0 Å². The normalized spacial score (nSPS) is 10.9. The number of benzene rings is 2. The maximum atomic E-state index is 12.2. The lowest BCUT2D eigenvalue weighted by molar-refractivity contribution is 0.0941. The third-order valence-electron chi connectivity index (χ3n) is 3.63. The Labute approximate surface area is 134 Å². The van der Waals surface area contributed by atoms with Gasteiger partial charge in [-0.1, -0.05) is 36.4 Å². The number of hydrogen-bond acceptors (Lipinski definition) is 2. The molecule has 0 aliphatic carbocycles. The highest BCUT2D eigenvalue weighted by atomic mass is 16.2. The van der Waals surface area contributed by atoms with E-state index in [0.717, 1.165) is 16.3 Å². The summed E-state index contributed by atoms with van der Waals surface area (Å²) in [6.07, 6.45) is 0. The van der Waals surface area contributed by atoms with Crippen molar-refractivity contribution in [1.29, 1.82) is 0 Å². The molecule has 1 aromatic heterocycles. The van der Waals surface area contributed by atoms with Gasteiger partial charge in [0.25, 0.3) is 11.5 Å². The maximum absolute atomic E-state index is 12.2. The van der Waals surface area contributed by atoms with Crippen molar-refractivity contribution in [3.05, 3.63) is 70.5 Å². The first kappa shape index (κ1) is 15.0. The number of aromatic amines is 1. The van der Waals surface area contributed by atoms with Crippen molar-refractivity contribution in [3.8, 4) is 11.3 Å². The molecule has 0 bridgehead atoms. The molecule has 0 aliphatic rings. The number of fused-ring (bicyclic) bond motifs is 1. The predicted octanol–water partition coefficient (Wildman–Crippen LogP) is 3.33. The standard InChI is InChI=1S/C19H18N2O2/c1-12(2)20-18(22)16-9-10-17(21-19(16)23)15-8-7-13-5-3-4-6-14(13)11-15/h3-12H,1-2H3,(H,20,22)(H,21,23). The average Bonchev–Trinajstić information content (AvgIpc) is 2.53. The summed E-state index contributed by atoms with van der Waals surface area (Å²) in [5.41, 5.74) is 1.36. The summed E-state index contributed by atoms with van der Waals surface area (Å²) in [7, 11) is 0. The van der Waals surface area contributed by atoms with Crippen LogP contribution in [-0.4, -0.2) is 16.9 Å². The third kappa shape index (κ3) is 3.16. The minimum absolute atomic E-state index is 0.0120. The minimum atomic E-state index is -0.381. The number of amides is 1. The number of H-pyrrole nitrogens is 1. The van der Waals surface area contributed by atoms with Gasteiger partial charge in [-0.05, 0) is 48.4 Å². The van der Waals surface area contributed by atoms with Gasteiger partial charge in [-0.3, -0.25) is 9.59 Å². The highest BCUT2D eigenvalue weighted by molar-refractivity contribution is 5.94. The monoisotopic (exact) mass is 306 g/mol. The second-order valence-electron chi connectivity index (χ2n) is 5.80. The molecule has 0 atom stereocenters. The molecule has 3 aromatic rings. The van der Waals surface area contributed by atoms with Crippen LogP contribution >= 0.6 is 0 Å². The molecule has 0 spiro atoms. The molecule has 0 saturated carbocycles. The maximum Gasteiger partial charge on any atom is 0.261 e. The van der Waals surface area contributed by atoms with Crippen LogP contribution in [0.2, 0.25) is 0 Å². The highest BCUT2D eigenvalue weighted by Crippen LogP contribution is 2.22. The van der Waals surface area contributed by atoms with Gasteiger partial charge in [0.05, 0.1) is 0 Å². The second kappa shape index (κ2) is 6.08. The zero-order valence-electron chi connectivity index (χ0n) is 13.1. The van der Waals surface area contributed by atoms with Crippen molar-refractivity contribution in [2.24, 2.45) is 0 Å². The first-order chi connectivity index (χ1) is 11.0. The van der Waals surface area contributed by atoms with E-state index in [2.05, 4.69) is 10.3 Å². The van der Waals surface area contributed by atoms with Gasteiger partial charge in [0, 0.05) is 11.7 Å². The molecular formula is C19H18N2O2. The average molecular weight is 306 g/mol. The van der Waals surface area contributed by atoms with E-state index in [1.807, 2.05) is 56.3 Å². The zero-order valence-corrected chi connectivity index (χ0v) is 13.1. The fourth-order valence-electron chi connectivity index (χ4n) is 2.52. The van der Waals surface area contributed by atoms with Gasteiger partial charge in [-0.2, -0.15) is 0 Å². The van der Waals surface area contributed by atoms with Gasteiger partial charge >= 0.3 is 0 Å². The van der Waals surface area contributed by atoms with Crippen molar-refractivity contribution in [2.45, 2.75) is 19.9 Å². The Hall–Kier alpha value is -2.88. The van der Waals surface area contributed by atoms with Crippen molar-refractivity contribution in [3.63, 3.8) is 0 Å². The summed E-state index contributed by atoms with van der Waals surface area (Å²) >= 11 is 0. The molecular weight excluding hydrogens is 288 g/mol. The molecule has 23 heavy (non-hydrogen) atoms. The molecule has 0 saturated heterocycles. The van der Waals surface area contributed by atoms with Crippen LogP contribution in [0.1, 0.15) is 24.2 Å². The van der Waals surface area contributed by atoms with Gasteiger partial charge in [0.15, 0.2) is 0 Å². The van der Waals surface area contributed by atoms with Crippen LogP contribution < -0.4 is 10.9 Å². The van der Waals surface area contributed by atoms with E-state index in [1.54, 1.807) is 12.1 Å². The van der Waals surface area contributed by atoms with E-state index in [0.29, 0.717) is 5.69 Å². The lowest BCUT2D eigenvalue weighted by atomic mass is 10.0. The quantitative estimate of drug-likeness (QED) is 0.779. The number of hydrogen-bond donors (Lipinski definition) is 2. The van der Waals surface area contributed by atoms with Gasteiger partial charge in [-0.15, -0.1) is 0 Å². The molecule has 0 fully saturated rings. The minimum Gasteiger partial charge on any atom is -0.350 e. The predicted molar refractivity (Wildman–Crippen MR) is 92.6 cm³/mol. The van der Waals surface area contributed by atoms with Gasteiger partial charge in [0.1, 0.15) is 5.56 Å².